The molecule has 0 saturated heterocycles. The molecule has 0 aliphatic heterocycles. The molecular formula is C19H18ClF3N4O3. The van der Waals surface area contributed by atoms with Crippen molar-refractivity contribution in [3.63, 3.8) is 0 Å². The van der Waals surface area contributed by atoms with Crippen LogP contribution in [0.3, 0.4) is 0 Å². The Balaban J connectivity index is 1.54. The summed E-state index contributed by atoms with van der Waals surface area (Å²) in [6, 6.07) is 3.17. The number of halogens is 4. The van der Waals surface area contributed by atoms with Gasteiger partial charge < -0.3 is 15.4 Å². The van der Waals surface area contributed by atoms with Gasteiger partial charge in [0.15, 0.2) is 0 Å². The number of rotatable bonds is 7. The minimum Gasteiger partial charge on any atom is -0.474 e. The van der Waals surface area contributed by atoms with Crippen LogP contribution < -0.4 is 15.4 Å². The van der Waals surface area contributed by atoms with Crippen LogP contribution in [0, 0.1) is 5.92 Å². The van der Waals surface area contributed by atoms with Crippen LogP contribution in [0.15, 0.2) is 30.6 Å². The highest BCUT2D eigenvalue weighted by Gasteiger charge is 2.32. The summed E-state index contributed by atoms with van der Waals surface area (Å²) < 4.78 is 43.3. The van der Waals surface area contributed by atoms with Gasteiger partial charge in [-0.1, -0.05) is 11.6 Å². The van der Waals surface area contributed by atoms with Gasteiger partial charge in [0.25, 0.3) is 5.91 Å². The number of alkyl halides is 3. The minimum absolute atomic E-state index is 0.00656. The van der Waals surface area contributed by atoms with Crippen LogP contribution in [-0.4, -0.2) is 34.4 Å². The lowest BCUT2D eigenvalue weighted by Crippen LogP contribution is -2.37. The molecule has 3 rings (SSSR count). The smallest absolute Gasteiger partial charge is 0.417 e. The normalized spacial score (nSPS) is 14.7. The lowest BCUT2D eigenvalue weighted by molar-refractivity contribution is -0.137. The number of anilines is 1. The maximum Gasteiger partial charge on any atom is 0.417 e. The zero-order valence-electron chi connectivity index (χ0n) is 15.8. The molecule has 1 fully saturated rings. The van der Waals surface area contributed by atoms with Crippen molar-refractivity contribution in [3.05, 3.63) is 46.7 Å². The van der Waals surface area contributed by atoms with Gasteiger partial charge in [-0.15, -0.1) is 0 Å². The number of aromatic nitrogens is 2. The molecule has 2 heterocycles. The van der Waals surface area contributed by atoms with E-state index in [9.17, 15) is 22.8 Å². The molecule has 2 aromatic rings. The van der Waals surface area contributed by atoms with Crippen molar-refractivity contribution in [2.45, 2.75) is 32.0 Å². The molecule has 2 aromatic heterocycles. The van der Waals surface area contributed by atoms with Crippen molar-refractivity contribution in [1.82, 2.24) is 15.3 Å². The molecule has 7 nitrogen and oxygen atoms in total. The molecular weight excluding hydrogens is 425 g/mol. The third kappa shape index (κ3) is 5.82. The molecule has 2 N–H and O–H groups in total. The molecule has 1 aliphatic rings. The fraction of sp³-hybridized carbons (Fsp3) is 0.368. The minimum atomic E-state index is -4.56. The van der Waals surface area contributed by atoms with Gasteiger partial charge in [0.2, 0.25) is 11.8 Å². The van der Waals surface area contributed by atoms with Gasteiger partial charge in [-0.3, -0.25) is 9.59 Å². The second kappa shape index (κ2) is 8.86. The van der Waals surface area contributed by atoms with E-state index in [1.807, 2.05) is 0 Å². The van der Waals surface area contributed by atoms with E-state index in [0.29, 0.717) is 6.20 Å². The van der Waals surface area contributed by atoms with Gasteiger partial charge in [-0.2, -0.15) is 13.2 Å². The number of nitrogens with one attached hydrogen (secondary N) is 2. The van der Waals surface area contributed by atoms with Gasteiger partial charge in [0.05, 0.1) is 11.6 Å². The average Bonchev–Trinajstić information content (AvgIpc) is 3.52. The highest BCUT2D eigenvalue weighted by atomic mass is 35.5. The van der Waals surface area contributed by atoms with Crippen LogP contribution in [0.25, 0.3) is 0 Å². The first kappa shape index (κ1) is 21.8. The molecule has 0 spiro atoms. The number of hydrogen-bond acceptors (Lipinski definition) is 5. The Morgan fingerprint density at radius 3 is 2.67 bits per heavy atom. The predicted octanol–water partition coefficient (Wildman–Crippen LogP) is 3.69. The van der Waals surface area contributed by atoms with Crippen molar-refractivity contribution in [3.8, 4) is 5.88 Å². The molecule has 1 atom stereocenters. The van der Waals surface area contributed by atoms with Crippen molar-refractivity contribution in [2.75, 3.05) is 11.9 Å². The largest absolute Gasteiger partial charge is 0.474 e. The van der Waals surface area contributed by atoms with Crippen LogP contribution in [0.5, 0.6) is 5.88 Å². The van der Waals surface area contributed by atoms with Crippen LogP contribution in [0.2, 0.25) is 5.02 Å². The molecule has 160 valence electrons. The maximum atomic E-state index is 12.6. The van der Waals surface area contributed by atoms with E-state index in [-0.39, 0.29) is 40.7 Å². The summed E-state index contributed by atoms with van der Waals surface area (Å²) in [5.41, 5.74) is -0.697. The van der Waals surface area contributed by atoms with E-state index in [1.54, 1.807) is 6.92 Å². The van der Waals surface area contributed by atoms with E-state index in [0.717, 1.165) is 18.9 Å². The maximum absolute atomic E-state index is 12.6. The highest BCUT2D eigenvalue weighted by molar-refractivity contribution is 6.31. The first-order valence-electron chi connectivity index (χ1n) is 9.07. The lowest BCUT2D eigenvalue weighted by atomic mass is 10.2. The van der Waals surface area contributed by atoms with Crippen LogP contribution in [0.1, 0.15) is 35.7 Å². The standard InChI is InChI=1S/C19H18ClF3N4O3/c1-10(9-30-18-14(20)7-13(8-25-18)19(21,22)23)26-17(29)12-4-5-24-15(6-12)27-16(28)11-2-3-11/h4-8,10-11H,2-3,9H2,1H3,(H,26,29)(H,24,27,28). The Kier molecular flexibility index (Phi) is 6.45. The number of ether oxygens (including phenoxy) is 1. The fourth-order valence-electron chi connectivity index (χ4n) is 2.45. The zero-order chi connectivity index (χ0) is 21.9. The number of hydrogen-bond donors (Lipinski definition) is 2. The van der Waals surface area contributed by atoms with Crippen LogP contribution in [-0.2, 0) is 11.0 Å². The first-order chi connectivity index (χ1) is 14.1. The summed E-state index contributed by atoms with van der Waals surface area (Å²) >= 11 is 5.79. The van der Waals surface area contributed by atoms with Gasteiger partial charge >= 0.3 is 6.18 Å². The van der Waals surface area contributed by atoms with Crippen molar-refractivity contribution < 1.29 is 27.5 Å². The number of pyridine rings is 2. The second-order valence-corrected chi connectivity index (χ2v) is 7.29. The monoisotopic (exact) mass is 442 g/mol. The molecule has 0 bridgehead atoms. The molecule has 2 amide bonds. The van der Waals surface area contributed by atoms with Gasteiger partial charge in [0, 0.05) is 23.9 Å². The van der Waals surface area contributed by atoms with Gasteiger partial charge in [0.1, 0.15) is 17.4 Å². The molecule has 1 saturated carbocycles. The summed E-state index contributed by atoms with van der Waals surface area (Å²) in [5, 5.41) is 5.06. The second-order valence-electron chi connectivity index (χ2n) is 6.89. The summed E-state index contributed by atoms with van der Waals surface area (Å²) in [5.74, 6) is -0.430. The molecule has 0 radical (unpaired) electrons. The molecule has 1 unspecified atom stereocenters. The Labute approximate surface area is 175 Å². The Morgan fingerprint density at radius 1 is 1.30 bits per heavy atom. The van der Waals surface area contributed by atoms with Crippen molar-refractivity contribution >= 4 is 29.2 Å². The summed E-state index contributed by atoms with van der Waals surface area (Å²) in [6.45, 7) is 1.58. The Morgan fingerprint density at radius 2 is 2.03 bits per heavy atom. The molecule has 1 aliphatic carbocycles. The Hall–Kier alpha value is -2.88. The molecule has 30 heavy (non-hydrogen) atoms. The van der Waals surface area contributed by atoms with Gasteiger partial charge in [-0.25, -0.2) is 9.97 Å². The number of amides is 2. The van der Waals surface area contributed by atoms with Crippen LogP contribution in [0.4, 0.5) is 19.0 Å². The average molecular weight is 443 g/mol. The number of nitrogens with zero attached hydrogens (tertiary/aromatic N) is 2. The highest BCUT2D eigenvalue weighted by Crippen LogP contribution is 2.33. The summed E-state index contributed by atoms with van der Waals surface area (Å²) in [6.07, 6.45) is -0.829. The SMILES string of the molecule is CC(COc1ncc(C(F)(F)F)cc1Cl)NC(=O)c1ccnc(NC(=O)C2CC2)c1. The van der Waals surface area contributed by atoms with Gasteiger partial charge in [-0.05, 0) is 38.0 Å². The van der Waals surface area contributed by atoms with Crippen molar-refractivity contribution in [2.24, 2.45) is 5.92 Å². The van der Waals surface area contributed by atoms with E-state index in [4.69, 9.17) is 16.3 Å². The summed E-state index contributed by atoms with van der Waals surface area (Å²) in [7, 11) is 0. The Bertz CT molecular complexity index is 951. The van der Waals surface area contributed by atoms with E-state index < -0.39 is 23.7 Å². The summed E-state index contributed by atoms with van der Waals surface area (Å²) in [4.78, 5) is 31.8. The first-order valence-corrected chi connectivity index (χ1v) is 9.44. The van der Waals surface area contributed by atoms with Crippen LogP contribution >= 0.6 is 11.6 Å². The quantitative estimate of drug-likeness (QED) is 0.682. The molecule has 11 heteroatoms. The lowest BCUT2D eigenvalue weighted by Gasteiger charge is -2.16. The van der Waals surface area contributed by atoms with E-state index in [2.05, 4.69) is 20.6 Å². The van der Waals surface area contributed by atoms with E-state index >= 15 is 0 Å². The topological polar surface area (TPSA) is 93.2 Å². The third-order valence-electron chi connectivity index (χ3n) is 4.20. The zero-order valence-corrected chi connectivity index (χ0v) is 16.5. The number of carbonyl (C=O) groups excluding carboxylic acids is 2. The fourth-order valence-corrected chi connectivity index (χ4v) is 2.67. The van der Waals surface area contributed by atoms with E-state index in [1.165, 1.54) is 18.3 Å². The predicted molar refractivity (Wildman–Crippen MR) is 102 cm³/mol. The third-order valence-corrected chi connectivity index (χ3v) is 4.47. The number of carbonyl (C=O) groups is 2. The van der Waals surface area contributed by atoms with Crippen molar-refractivity contribution in [1.29, 1.82) is 0 Å². The molecule has 0 aromatic carbocycles.